The third-order valence-corrected chi connectivity index (χ3v) is 3.51. The number of hydrogen-bond donors (Lipinski definition) is 0. The number of benzene rings is 1. The molecule has 124 valence electrons. The summed E-state index contributed by atoms with van der Waals surface area (Å²) in [4.78, 5) is 8.45. The summed E-state index contributed by atoms with van der Waals surface area (Å²) in [6, 6.07) is 9.96. The molecule has 0 spiro atoms. The van der Waals surface area contributed by atoms with Crippen molar-refractivity contribution in [3.8, 4) is 17.2 Å². The summed E-state index contributed by atoms with van der Waals surface area (Å²) in [6.07, 6.45) is -4.54. The lowest BCUT2D eigenvalue weighted by Crippen LogP contribution is -2.10. The zero-order valence-electron chi connectivity index (χ0n) is 13.4. The Morgan fingerprint density at radius 3 is 2.00 bits per heavy atom. The first-order valence-corrected chi connectivity index (χ1v) is 7.31. The quantitative estimate of drug-likeness (QED) is 0.704. The van der Waals surface area contributed by atoms with Crippen LogP contribution in [0.1, 0.15) is 22.6 Å². The molecule has 2 aromatic heterocycles. The molecule has 0 saturated carbocycles. The zero-order valence-corrected chi connectivity index (χ0v) is 13.4. The molecule has 0 N–H and O–H groups in total. The smallest absolute Gasteiger partial charge is 0.216 e. The van der Waals surface area contributed by atoms with Crippen LogP contribution in [0.15, 0.2) is 36.4 Å². The maximum absolute atomic E-state index is 13.1. The standard InChI is InChI=1S/C17H15F3N4/c1-10-4-6-13(7-5-10)14-9-15(17(18,19)20)23-24(14)16-21-11(2)8-12(3)22-16/h4-9H,1-3H3. The van der Waals surface area contributed by atoms with Crippen molar-refractivity contribution >= 4 is 0 Å². The topological polar surface area (TPSA) is 43.6 Å². The predicted molar refractivity (Wildman–Crippen MR) is 83.8 cm³/mol. The van der Waals surface area contributed by atoms with Crippen molar-refractivity contribution in [1.82, 2.24) is 19.7 Å². The lowest BCUT2D eigenvalue weighted by molar-refractivity contribution is -0.141. The van der Waals surface area contributed by atoms with Crippen molar-refractivity contribution in [1.29, 1.82) is 0 Å². The first kappa shape index (κ1) is 16.2. The molecular formula is C17H15F3N4. The van der Waals surface area contributed by atoms with E-state index in [0.717, 1.165) is 16.3 Å². The van der Waals surface area contributed by atoms with Gasteiger partial charge in [-0.2, -0.15) is 23.0 Å². The summed E-state index contributed by atoms with van der Waals surface area (Å²) < 4.78 is 40.5. The van der Waals surface area contributed by atoms with Gasteiger partial charge in [0.25, 0.3) is 5.95 Å². The van der Waals surface area contributed by atoms with E-state index < -0.39 is 11.9 Å². The summed E-state index contributed by atoms with van der Waals surface area (Å²) in [5.41, 5.74) is 2.29. The van der Waals surface area contributed by atoms with Gasteiger partial charge in [-0.15, -0.1) is 0 Å². The van der Waals surface area contributed by atoms with Crippen LogP contribution in [0.5, 0.6) is 0 Å². The largest absolute Gasteiger partial charge is 0.435 e. The third-order valence-electron chi connectivity index (χ3n) is 3.51. The Morgan fingerprint density at radius 1 is 0.875 bits per heavy atom. The normalized spacial score (nSPS) is 11.8. The molecule has 7 heteroatoms. The van der Waals surface area contributed by atoms with Gasteiger partial charge >= 0.3 is 6.18 Å². The fraction of sp³-hybridized carbons (Fsp3) is 0.235. The lowest BCUT2D eigenvalue weighted by Gasteiger charge is -2.08. The molecule has 0 unspecified atom stereocenters. The third kappa shape index (κ3) is 3.15. The van der Waals surface area contributed by atoms with Crippen LogP contribution in [0.4, 0.5) is 13.2 Å². The maximum Gasteiger partial charge on any atom is 0.435 e. The molecule has 0 atom stereocenters. The number of nitrogens with zero attached hydrogens (tertiary/aromatic N) is 4. The highest BCUT2D eigenvalue weighted by molar-refractivity contribution is 5.62. The SMILES string of the molecule is Cc1ccc(-c2cc(C(F)(F)F)nn2-c2nc(C)cc(C)n2)cc1. The van der Waals surface area contributed by atoms with E-state index >= 15 is 0 Å². The molecule has 3 aromatic rings. The van der Waals surface area contributed by atoms with Crippen LogP contribution in [-0.4, -0.2) is 19.7 Å². The van der Waals surface area contributed by atoms with Crippen LogP contribution in [0, 0.1) is 20.8 Å². The molecule has 1 aromatic carbocycles. The molecule has 0 fully saturated rings. The Morgan fingerprint density at radius 2 is 1.46 bits per heavy atom. The summed E-state index contributed by atoms with van der Waals surface area (Å²) in [7, 11) is 0. The summed E-state index contributed by atoms with van der Waals surface area (Å²) in [5, 5.41) is 3.70. The van der Waals surface area contributed by atoms with Gasteiger partial charge in [0.2, 0.25) is 0 Å². The number of aromatic nitrogens is 4. The summed E-state index contributed by atoms with van der Waals surface area (Å²) in [5.74, 6) is 0.124. The van der Waals surface area contributed by atoms with Crippen molar-refractivity contribution in [2.75, 3.05) is 0 Å². The van der Waals surface area contributed by atoms with Crippen molar-refractivity contribution in [2.24, 2.45) is 0 Å². The lowest BCUT2D eigenvalue weighted by atomic mass is 10.1. The molecule has 0 saturated heterocycles. The monoisotopic (exact) mass is 332 g/mol. The first-order chi connectivity index (χ1) is 11.2. The second-order valence-electron chi connectivity index (χ2n) is 5.64. The average Bonchev–Trinajstić information content (AvgIpc) is 2.92. The van der Waals surface area contributed by atoms with E-state index in [4.69, 9.17) is 0 Å². The first-order valence-electron chi connectivity index (χ1n) is 7.31. The van der Waals surface area contributed by atoms with Gasteiger partial charge in [0.05, 0.1) is 5.69 Å². The highest BCUT2D eigenvalue weighted by atomic mass is 19.4. The Hall–Kier alpha value is -2.70. The highest BCUT2D eigenvalue weighted by Gasteiger charge is 2.35. The number of alkyl halides is 3. The molecule has 4 nitrogen and oxygen atoms in total. The number of halogens is 3. The van der Waals surface area contributed by atoms with Gasteiger partial charge in [-0.25, -0.2) is 9.97 Å². The Bertz CT molecular complexity index is 860. The van der Waals surface area contributed by atoms with Crippen molar-refractivity contribution < 1.29 is 13.2 Å². The van der Waals surface area contributed by atoms with Crippen LogP contribution in [0.2, 0.25) is 0 Å². The van der Waals surface area contributed by atoms with Crippen LogP contribution in [0.25, 0.3) is 17.2 Å². The van der Waals surface area contributed by atoms with Gasteiger partial charge in [-0.05, 0) is 32.9 Å². The van der Waals surface area contributed by atoms with Gasteiger partial charge in [0.15, 0.2) is 5.69 Å². The minimum Gasteiger partial charge on any atom is -0.216 e. The number of rotatable bonds is 2. The van der Waals surface area contributed by atoms with E-state index in [1.54, 1.807) is 32.0 Å². The van der Waals surface area contributed by atoms with Crippen LogP contribution >= 0.6 is 0 Å². The van der Waals surface area contributed by atoms with E-state index in [9.17, 15) is 13.2 Å². The highest BCUT2D eigenvalue weighted by Crippen LogP contribution is 2.32. The molecule has 24 heavy (non-hydrogen) atoms. The van der Waals surface area contributed by atoms with E-state index in [1.807, 2.05) is 19.1 Å². The Labute approximate surface area is 137 Å². The molecule has 0 radical (unpaired) electrons. The van der Waals surface area contributed by atoms with Crippen LogP contribution in [-0.2, 0) is 6.18 Å². The van der Waals surface area contributed by atoms with E-state index in [2.05, 4.69) is 15.1 Å². The van der Waals surface area contributed by atoms with Crippen molar-refractivity contribution in [2.45, 2.75) is 26.9 Å². The molecule has 0 aliphatic carbocycles. The molecule has 0 bridgehead atoms. The van der Waals surface area contributed by atoms with Gasteiger partial charge in [-0.1, -0.05) is 29.8 Å². The summed E-state index contributed by atoms with van der Waals surface area (Å²) >= 11 is 0. The average molecular weight is 332 g/mol. The molecule has 2 heterocycles. The van der Waals surface area contributed by atoms with E-state index in [0.29, 0.717) is 22.6 Å². The Kier molecular flexibility index (Phi) is 3.87. The van der Waals surface area contributed by atoms with Gasteiger partial charge in [0, 0.05) is 17.0 Å². The van der Waals surface area contributed by atoms with Crippen LogP contribution in [0.3, 0.4) is 0 Å². The van der Waals surface area contributed by atoms with Crippen molar-refractivity contribution in [3.05, 3.63) is 59.0 Å². The van der Waals surface area contributed by atoms with Crippen molar-refractivity contribution in [3.63, 3.8) is 0 Å². The fourth-order valence-corrected chi connectivity index (χ4v) is 2.40. The van der Waals surface area contributed by atoms with Crippen LogP contribution < -0.4 is 0 Å². The zero-order chi connectivity index (χ0) is 17.5. The molecular weight excluding hydrogens is 317 g/mol. The number of hydrogen-bond acceptors (Lipinski definition) is 3. The number of aryl methyl sites for hydroxylation is 3. The second-order valence-corrected chi connectivity index (χ2v) is 5.64. The Balaban J connectivity index is 2.23. The second kappa shape index (κ2) is 5.74. The minimum absolute atomic E-state index is 0.124. The summed E-state index contributed by atoms with van der Waals surface area (Å²) in [6.45, 7) is 5.44. The maximum atomic E-state index is 13.1. The molecule has 0 aliphatic rings. The molecule has 3 rings (SSSR count). The van der Waals surface area contributed by atoms with E-state index in [1.165, 1.54) is 0 Å². The van der Waals surface area contributed by atoms with Gasteiger partial charge in [0.1, 0.15) is 0 Å². The minimum atomic E-state index is -4.54. The van der Waals surface area contributed by atoms with Gasteiger partial charge in [-0.3, -0.25) is 0 Å². The predicted octanol–water partition coefficient (Wildman–Crippen LogP) is 4.27. The fourth-order valence-electron chi connectivity index (χ4n) is 2.40. The van der Waals surface area contributed by atoms with Gasteiger partial charge < -0.3 is 0 Å². The molecule has 0 aliphatic heterocycles. The van der Waals surface area contributed by atoms with E-state index in [-0.39, 0.29) is 5.95 Å². The molecule has 0 amide bonds.